The number of carbonyl (C=O) groups is 1. The van der Waals surface area contributed by atoms with Crippen LogP contribution in [0.3, 0.4) is 0 Å². The summed E-state index contributed by atoms with van der Waals surface area (Å²) in [6.07, 6.45) is -4.42. The maximum Gasteiger partial charge on any atom is 0.573 e. The van der Waals surface area contributed by atoms with Crippen LogP contribution in [0.1, 0.15) is 24.9 Å². The van der Waals surface area contributed by atoms with Gasteiger partial charge in [0.05, 0.1) is 19.3 Å². The van der Waals surface area contributed by atoms with Crippen molar-refractivity contribution in [3.8, 4) is 5.75 Å². The van der Waals surface area contributed by atoms with Gasteiger partial charge in [-0.05, 0) is 24.6 Å². The van der Waals surface area contributed by atoms with Gasteiger partial charge in [-0.1, -0.05) is 12.1 Å². The van der Waals surface area contributed by atoms with E-state index >= 15 is 0 Å². The number of benzene rings is 1. The van der Waals surface area contributed by atoms with Crippen LogP contribution in [0.15, 0.2) is 24.3 Å². The van der Waals surface area contributed by atoms with Crippen LogP contribution < -0.4 is 15.4 Å². The molecule has 0 aliphatic carbocycles. The number of nitrogens with one attached hydrogen (secondary N) is 2. The lowest BCUT2D eigenvalue weighted by atomic mass is 10.1. The molecule has 2 rings (SSSR count). The molecule has 0 radical (unpaired) electrons. The third-order valence-electron chi connectivity index (χ3n) is 3.42. The lowest BCUT2D eigenvalue weighted by molar-refractivity contribution is -0.274. The van der Waals surface area contributed by atoms with Gasteiger partial charge in [-0.2, -0.15) is 0 Å². The third kappa shape index (κ3) is 6.07. The SMILES string of the molecule is CC(NC(=O)CC1COCCN1)c1ccc(OC(F)(F)F)cc1. The van der Waals surface area contributed by atoms with Crippen LogP contribution in [0.4, 0.5) is 13.2 Å². The van der Waals surface area contributed by atoms with Crippen molar-refractivity contribution in [3.05, 3.63) is 29.8 Å². The van der Waals surface area contributed by atoms with Crippen molar-refractivity contribution in [1.29, 1.82) is 0 Å². The van der Waals surface area contributed by atoms with Gasteiger partial charge < -0.3 is 20.1 Å². The van der Waals surface area contributed by atoms with Crippen LogP contribution in [0.2, 0.25) is 0 Å². The first kappa shape index (κ1) is 17.6. The van der Waals surface area contributed by atoms with Crippen LogP contribution in [-0.4, -0.2) is 38.1 Å². The van der Waals surface area contributed by atoms with Gasteiger partial charge in [-0.3, -0.25) is 4.79 Å². The monoisotopic (exact) mass is 332 g/mol. The second-order valence-electron chi connectivity index (χ2n) is 5.34. The molecule has 1 heterocycles. The average molecular weight is 332 g/mol. The van der Waals surface area contributed by atoms with Crippen molar-refractivity contribution in [2.75, 3.05) is 19.8 Å². The Morgan fingerprint density at radius 2 is 2.13 bits per heavy atom. The topological polar surface area (TPSA) is 59.6 Å². The number of amides is 1. The molecule has 1 aliphatic heterocycles. The van der Waals surface area contributed by atoms with Crippen LogP contribution in [0.5, 0.6) is 5.75 Å². The van der Waals surface area contributed by atoms with Crippen molar-refractivity contribution in [3.63, 3.8) is 0 Å². The maximum atomic E-state index is 12.1. The first-order valence-corrected chi connectivity index (χ1v) is 7.30. The van der Waals surface area contributed by atoms with Crippen LogP contribution in [0.25, 0.3) is 0 Å². The second kappa shape index (κ2) is 7.65. The predicted molar refractivity (Wildman–Crippen MR) is 76.9 cm³/mol. The van der Waals surface area contributed by atoms with E-state index in [1.165, 1.54) is 24.3 Å². The van der Waals surface area contributed by atoms with E-state index < -0.39 is 6.36 Å². The fourth-order valence-corrected chi connectivity index (χ4v) is 2.32. The van der Waals surface area contributed by atoms with Crippen molar-refractivity contribution >= 4 is 5.91 Å². The Bertz CT molecular complexity index is 514. The molecule has 1 saturated heterocycles. The molecule has 0 aromatic heterocycles. The van der Waals surface area contributed by atoms with E-state index in [2.05, 4.69) is 15.4 Å². The van der Waals surface area contributed by atoms with Crippen LogP contribution in [-0.2, 0) is 9.53 Å². The zero-order valence-electron chi connectivity index (χ0n) is 12.7. The quantitative estimate of drug-likeness (QED) is 0.867. The number of ether oxygens (including phenoxy) is 2. The highest BCUT2D eigenvalue weighted by molar-refractivity contribution is 5.77. The number of halogens is 3. The minimum Gasteiger partial charge on any atom is -0.406 e. The highest BCUT2D eigenvalue weighted by Gasteiger charge is 2.31. The summed E-state index contributed by atoms with van der Waals surface area (Å²) in [4.78, 5) is 12.0. The lowest BCUT2D eigenvalue weighted by Crippen LogP contribution is -2.44. The van der Waals surface area contributed by atoms with E-state index in [0.717, 1.165) is 0 Å². The van der Waals surface area contributed by atoms with E-state index in [0.29, 0.717) is 31.7 Å². The molecule has 1 amide bonds. The van der Waals surface area contributed by atoms with Crippen LogP contribution >= 0.6 is 0 Å². The summed E-state index contributed by atoms with van der Waals surface area (Å²) < 4.78 is 45.4. The Labute approximate surface area is 132 Å². The van der Waals surface area contributed by atoms with E-state index in [1.807, 2.05) is 0 Å². The second-order valence-corrected chi connectivity index (χ2v) is 5.34. The fourth-order valence-electron chi connectivity index (χ4n) is 2.32. The van der Waals surface area contributed by atoms with Gasteiger partial charge in [-0.15, -0.1) is 13.2 Å². The number of hydrogen-bond donors (Lipinski definition) is 2. The molecule has 0 spiro atoms. The summed E-state index contributed by atoms with van der Waals surface area (Å²) >= 11 is 0. The zero-order chi connectivity index (χ0) is 16.9. The van der Waals surface area contributed by atoms with Gasteiger partial charge in [0.2, 0.25) is 5.91 Å². The fraction of sp³-hybridized carbons (Fsp3) is 0.533. The molecule has 1 aromatic rings. The summed E-state index contributed by atoms with van der Waals surface area (Å²) in [7, 11) is 0. The van der Waals surface area contributed by atoms with E-state index in [4.69, 9.17) is 4.74 Å². The number of rotatable bonds is 5. The summed E-state index contributed by atoms with van der Waals surface area (Å²) in [5, 5.41) is 6.00. The number of hydrogen-bond acceptors (Lipinski definition) is 4. The molecule has 5 nitrogen and oxygen atoms in total. The normalized spacial score (nSPS) is 19.9. The molecule has 8 heteroatoms. The lowest BCUT2D eigenvalue weighted by Gasteiger charge is -2.24. The molecule has 2 N–H and O–H groups in total. The maximum absolute atomic E-state index is 12.1. The summed E-state index contributed by atoms with van der Waals surface area (Å²) in [5.74, 6) is -0.431. The first-order valence-electron chi connectivity index (χ1n) is 7.30. The molecular weight excluding hydrogens is 313 g/mol. The number of morpholine rings is 1. The average Bonchev–Trinajstić information content (AvgIpc) is 2.47. The zero-order valence-corrected chi connectivity index (χ0v) is 12.7. The summed E-state index contributed by atoms with van der Waals surface area (Å²) in [5.41, 5.74) is 0.695. The Hall–Kier alpha value is -1.80. The van der Waals surface area contributed by atoms with Gasteiger partial charge in [0.15, 0.2) is 0 Å². The van der Waals surface area contributed by atoms with Gasteiger partial charge in [-0.25, -0.2) is 0 Å². The van der Waals surface area contributed by atoms with Crippen LogP contribution in [0, 0.1) is 0 Å². The molecule has 0 bridgehead atoms. The molecular formula is C15H19F3N2O3. The van der Waals surface area contributed by atoms with Crippen molar-refractivity contribution in [2.24, 2.45) is 0 Å². The molecule has 2 atom stereocenters. The van der Waals surface area contributed by atoms with Gasteiger partial charge >= 0.3 is 6.36 Å². The molecule has 1 fully saturated rings. The molecule has 1 aliphatic rings. The summed E-state index contributed by atoms with van der Waals surface area (Å²) in [6.45, 7) is 3.61. The third-order valence-corrected chi connectivity index (χ3v) is 3.42. The Kier molecular flexibility index (Phi) is 5.84. The molecule has 2 unspecified atom stereocenters. The number of alkyl halides is 3. The van der Waals surface area contributed by atoms with Gasteiger partial charge in [0, 0.05) is 19.0 Å². The largest absolute Gasteiger partial charge is 0.573 e. The van der Waals surface area contributed by atoms with Gasteiger partial charge in [0.25, 0.3) is 0 Å². The first-order chi connectivity index (χ1) is 10.8. The molecule has 23 heavy (non-hydrogen) atoms. The number of carbonyl (C=O) groups excluding carboxylic acids is 1. The van der Waals surface area contributed by atoms with Gasteiger partial charge in [0.1, 0.15) is 5.75 Å². The van der Waals surface area contributed by atoms with E-state index in [-0.39, 0.29) is 23.7 Å². The van der Waals surface area contributed by atoms with Crippen molar-refractivity contribution < 1.29 is 27.4 Å². The highest BCUT2D eigenvalue weighted by Crippen LogP contribution is 2.24. The molecule has 1 aromatic carbocycles. The van der Waals surface area contributed by atoms with E-state index in [9.17, 15) is 18.0 Å². The van der Waals surface area contributed by atoms with Crippen molar-refractivity contribution in [1.82, 2.24) is 10.6 Å². The molecule has 128 valence electrons. The van der Waals surface area contributed by atoms with Crippen molar-refractivity contribution in [2.45, 2.75) is 31.8 Å². The minimum atomic E-state index is -4.71. The summed E-state index contributed by atoms with van der Waals surface area (Å²) in [6, 6.07) is 5.11. The highest BCUT2D eigenvalue weighted by atomic mass is 19.4. The minimum absolute atomic E-state index is 0.0153. The predicted octanol–water partition coefficient (Wildman–Crippen LogP) is 2.14. The van der Waals surface area contributed by atoms with E-state index in [1.54, 1.807) is 6.92 Å². The smallest absolute Gasteiger partial charge is 0.406 e. The Morgan fingerprint density at radius 3 is 2.70 bits per heavy atom. The Balaban J connectivity index is 1.84. The standard InChI is InChI=1S/C15H19F3N2O3/c1-10(20-14(21)8-12-9-22-7-6-19-12)11-2-4-13(5-3-11)23-15(16,17)18/h2-5,10,12,19H,6-9H2,1H3,(H,20,21). The Morgan fingerprint density at radius 1 is 1.43 bits per heavy atom. The molecule has 0 saturated carbocycles.